The molecule has 2 saturated heterocycles. The molecule has 4 rings (SSSR count). The number of aromatic nitrogens is 3. The Hall–Kier alpha value is -2.54. The Balaban J connectivity index is 1.52. The lowest BCUT2D eigenvalue weighted by Crippen LogP contribution is -2.58. The highest BCUT2D eigenvalue weighted by Crippen LogP contribution is 2.40. The van der Waals surface area contributed by atoms with Crippen LogP contribution in [0, 0.1) is 5.41 Å². The first-order chi connectivity index (χ1) is 12.8. The van der Waals surface area contributed by atoms with Crippen LogP contribution in [0.1, 0.15) is 29.6 Å². The Labute approximate surface area is 152 Å². The summed E-state index contributed by atoms with van der Waals surface area (Å²) in [6, 6.07) is 7.32. The first-order valence-corrected chi connectivity index (χ1v) is 8.98. The van der Waals surface area contributed by atoms with Crippen molar-refractivity contribution in [2.75, 3.05) is 26.3 Å². The third kappa shape index (κ3) is 3.39. The van der Waals surface area contributed by atoms with E-state index >= 15 is 0 Å². The van der Waals surface area contributed by atoms with Gasteiger partial charge >= 0.3 is 0 Å². The predicted molar refractivity (Wildman–Crippen MR) is 93.7 cm³/mol. The van der Waals surface area contributed by atoms with Gasteiger partial charge in [-0.3, -0.25) is 4.79 Å². The number of fused-ring (bicyclic) bond motifs is 1. The number of hydrogen-bond acceptors (Lipinski definition) is 6. The second-order valence-corrected chi connectivity index (χ2v) is 6.93. The number of hydrogen-bond donors (Lipinski definition) is 0. The monoisotopic (exact) mass is 354 g/mol. The summed E-state index contributed by atoms with van der Waals surface area (Å²) >= 11 is 0. The van der Waals surface area contributed by atoms with Crippen molar-refractivity contribution in [3.8, 4) is 5.88 Å². The largest absolute Gasteiger partial charge is 0.477 e. The molecular weight excluding hydrogens is 332 g/mol. The minimum atomic E-state index is -0.204. The summed E-state index contributed by atoms with van der Waals surface area (Å²) in [5, 5.41) is 7.57. The van der Waals surface area contributed by atoms with Gasteiger partial charge in [0.2, 0.25) is 5.88 Å². The number of pyridine rings is 1. The van der Waals surface area contributed by atoms with Crippen LogP contribution in [0.15, 0.2) is 42.9 Å². The topological polar surface area (TPSA) is 77.4 Å². The molecule has 136 valence electrons. The van der Waals surface area contributed by atoms with Gasteiger partial charge in [0.1, 0.15) is 0 Å². The summed E-state index contributed by atoms with van der Waals surface area (Å²) in [5.74, 6) is 0.592. The van der Waals surface area contributed by atoms with E-state index in [9.17, 15) is 4.79 Å². The van der Waals surface area contributed by atoms with Gasteiger partial charge in [-0.1, -0.05) is 6.07 Å². The minimum Gasteiger partial charge on any atom is -0.477 e. The van der Waals surface area contributed by atoms with E-state index in [1.54, 1.807) is 18.5 Å². The smallest absolute Gasteiger partial charge is 0.255 e. The van der Waals surface area contributed by atoms with E-state index < -0.39 is 0 Å². The van der Waals surface area contributed by atoms with Crippen LogP contribution < -0.4 is 4.74 Å². The van der Waals surface area contributed by atoms with Crippen molar-refractivity contribution in [1.82, 2.24) is 20.1 Å². The van der Waals surface area contributed by atoms with Gasteiger partial charge in [0.25, 0.3) is 5.91 Å². The van der Waals surface area contributed by atoms with Crippen LogP contribution in [-0.4, -0.2) is 58.4 Å². The fraction of sp³-hybridized carbons (Fsp3) is 0.474. The van der Waals surface area contributed by atoms with Gasteiger partial charge in [0, 0.05) is 37.4 Å². The molecule has 2 aromatic heterocycles. The summed E-state index contributed by atoms with van der Waals surface area (Å²) in [4.78, 5) is 19.0. The van der Waals surface area contributed by atoms with Gasteiger partial charge in [0.05, 0.1) is 30.7 Å². The van der Waals surface area contributed by atoms with Crippen molar-refractivity contribution in [2.45, 2.75) is 25.4 Å². The van der Waals surface area contributed by atoms with Gasteiger partial charge in [0.15, 0.2) is 0 Å². The average molecular weight is 354 g/mol. The summed E-state index contributed by atoms with van der Waals surface area (Å²) in [6.45, 7) is 2.56. The maximum absolute atomic E-state index is 12.9. The highest BCUT2D eigenvalue weighted by Gasteiger charge is 2.47. The maximum Gasteiger partial charge on any atom is 0.255 e. The average Bonchev–Trinajstić information content (AvgIpc) is 2.73. The van der Waals surface area contributed by atoms with E-state index in [0.29, 0.717) is 31.1 Å². The number of carbonyl (C=O) groups is 1. The van der Waals surface area contributed by atoms with E-state index in [1.165, 1.54) is 6.20 Å². The van der Waals surface area contributed by atoms with Crippen LogP contribution >= 0.6 is 0 Å². The number of carbonyl (C=O) groups excluding carboxylic acids is 1. The molecule has 0 saturated carbocycles. The molecule has 1 amide bonds. The Morgan fingerprint density at radius 3 is 3.08 bits per heavy atom. The molecule has 0 unspecified atom stereocenters. The quantitative estimate of drug-likeness (QED) is 0.835. The molecule has 2 aromatic rings. The lowest BCUT2D eigenvalue weighted by Gasteiger charge is -2.50. The molecule has 0 aliphatic carbocycles. The lowest BCUT2D eigenvalue weighted by atomic mass is 9.73. The molecule has 0 radical (unpaired) electrons. The number of piperidine rings is 1. The molecule has 0 spiro atoms. The number of amides is 1. The molecule has 0 aromatic carbocycles. The summed E-state index contributed by atoms with van der Waals surface area (Å²) in [7, 11) is 0. The lowest BCUT2D eigenvalue weighted by molar-refractivity contribution is -0.133. The van der Waals surface area contributed by atoms with Gasteiger partial charge in [-0.05, 0) is 31.4 Å². The van der Waals surface area contributed by atoms with Crippen molar-refractivity contribution >= 4 is 5.91 Å². The van der Waals surface area contributed by atoms with Crippen molar-refractivity contribution in [1.29, 1.82) is 0 Å². The molecule has 4 heterocycles. The van der Waals surface area contributed by atoms with Crippen molar-refractivity contribution in [2.24, 2.45) is 5.41 Å². The van der Waals surface area contributed by atoms with Gasteiger partial charge in [-0.15, -0.1) is 0 Å². The van der Waals surface area contributed by atoms with Gasteiger partial charge in [-0.2, -0.15) is 10.2 Å². The number of nitrogens with zero attached hydrogens (tertiary/aromatic N) is 4. The second kappa shape index (κ2) is 7.37. The molecule has 7 heteroatoms. The third-order valence-electron chi connectivity index (χ3n) is 5.25. The summed E-state index contributed by atoms with van der Waals surface area (Å²) < 4.78 is 12.0. The molecule has 2 fully saturated rings. The Morgan fingerprint density at radius 1 is 1.31 bits per heavy atom. The summed E-state index contributed by atoms with van der Waals surface area (Å²) in [5.41, 5.74) is 0.361. The summed E-state index contributed by atoms with van der Waals surface area (Å²) in [6.07, 6.45) is 7.65. The molecule has 26 heavy (non-hydrogen) atoms. The molecule has 0 bridgehead atoms. The van der Waals surface area contributed by atoms with E-state index in [0.717, 1.165) is 25.9 Å². The van der Waals surface area contributed by atoms with Crippen molar-refractivity contribution < 1.29 is 14.3 Å². The standard InChI is InChI=1S/C19H22N4O3/c24-18(15-5-9-21-22-12-15)23-10-6-16-19(13-23,7-3-11-25-16)14-26-17-4-1-2-8-20-17/h1-2,4-5,8-9,12,16H,3,6-7,10-11,13-14H2/t16-,19-/m1/s1. The number of rotatable bonds is 4. The minimum absolute atomic E-state index is 0.0128. The Kier molecular flexibility index (Phi) is 4.79. The molecular formula is C19H22N4O3. The zero-order chi connectivity index (χ0) is 17.8. The first-order valence-electron chi connectivity index (χ1n) is 8.98. The van der Waals surface area contributed by atoms with Crippen LogP contribution in [0.3, 0.4) is 0 Å². The van der Waals surface area contributed by atoms with Crippen LogP contribution in [-0.2, 0) is 4.74 Å². The predicted octanol–water partition coefficient (Wildman–Crippen LogP) is 1.96. The SMILES string of the molecule is O=C(c1ccnnc1)N1CC[C@H]2OCCC[C@]2(COc2ccccn2)C1. The molecule has 0 N–H and O–H groups in total. The highest BCUT2D eigenvalue weighted by atomic mass is 16.5. The van der Waals surface area contributed by atoms with Crippen LogP contribution in [0.5, 0.6) is 5.88 Å². The number of ether oxygens (including phenoxy) is 2. The van der Waals surface area contributed by atoms with Crippen molar-refractivity contribution in [3.63, 3.8) is 0 Å². The van der Waals surface area contributed by atoms with E-state index in [-0.39, 0.29) is 17.4 Å². The maximum atomic E-state index is 12.9. The van der Waals surface area contributed by atoms with Crippen LogP contribution in [0.2, 0.25) is 0 Å². The van der Waals surface area contributed by atoms with E-state index in [1.807, 2.05) is 23.1 Å². The van der Waals surface area contributed by atoms with Gasteiger partial charge < -0.3 is 14.4 Å². The third-order valence-corrected chi connectivity index (χ3v) is 5.25. The molecule has 2 atom stereocenters. The molecule has 2 aliphatic rings. The first kappa shape index (κ1) is 16.9. The Morgan fingerprint density at radius 2 is 2.27 bits per heavy atom. The zero-order valence-corrected chi connectivity index (χ0v) is 14.6. The fourth-order valence-corrected chi connectivity index (χ4v) is 3.92. The fourth-order valence-electron chi connectivity index (χ4n) is 3.92. The normalized spacial score (nSPS) is 25.4. The van der Waals surface area contributed by atoms with Gasteiger partial charge in [-0.25, -0.2) is 4.98 Å². The molecule has 7 nitrogen and oxygen atoms in total. The van der Waals surface area contributed by atoms with Crippen LogP contribution in [0.25, 0.3) is 0 Å². The van der Waals surface area contributed by atoms with E-state index in [4.69, 9.17) is 9.47 Å². The van der Waals surface area contributed by atoms with Crippen LogP contribution in [0.4, 0.5) is 0 Å². The second-order valence-electron chi connectivity index (χ2n) is 6.93. The van der Waals surface area contributed by atoms with Crippen molar-refractivity contribution in [3.05, 3.63) is 48.4 Å². The Bertz CT molecular complexity index is 743. The van der Waals surface area contributed by atoms with E-state index in [2.05, 4.69) is 15.2 Å². The highest BCUT2D eigenvalue weighted by molar-refractivity contribution is 5.93. The zero-order valence-electron chi connectivity index (χ0n) is 14.6. The molecule has 2 aliphatic heterocycles. The number of likely N-dealkylation sites (tertiary alicyclic amines) is 1.